The van der Waals surface area contributed by atoms with E-state index in [-0.39, 0.29) is 11.3 Å². The summed E-state index contributed by atoms with van der Waals surface area (Å²) >= 11 is 5.97. The Hall–Kier alpha value is -0.240. The van der Waals surface area contributed by atoms with Gasteiger partial charge in [0.25, 0.3) is 0 Å². The van der Waals surface area contributed by atoms with Gasteiger partial charge in [-0.3, -0.25) is 4.79 Å². The standard InChI is InChI=1S/C12H22ClNO/c1-2-11(13)7-8-14-12(15)9-10-5-3-4-6-10/h10-11H,2-9H2,1H3,(H,14,15). The highest BCUT2D eigenvalue weighted by Crippen LogP contribution is 2.27. The zero-order valence-corrected chi connectivity index (χ0v) is 10.4. The van der Waals surface area contributed by atoms with Gasteiger partial charge >= 0.3 is 0 Å². The lowest BCUT2D eigenvalue weighted by molar-refractivity contribution is -0.121. The van der Waals surface area contributed by atoms with Gasteiger partial charge in [-0.25, -0.2) is 0 Å². The average molecular weight is 232 g/mol. The van der Waals surface area contributed by atoms with E-state index >= 15 is 0 Å². The molecule has 1 amide bonds. The fourth-order valence-corrected chi connectivity index (χ4v) is 2.23. The van der Waals surface area contributed by atoms with Crippen LogP contribution in [0.4, 0.5) is 0 Å². The SMILES string of the molecule is CCC(Cl)CCNC(=O)CC1CCCC1. The Morgan fingerprint density at radius 3 is 2.73 bits per heavy atom. The molecule has 1 rings (SSSR count). The topological polar surface area (TPSA) is 29.1 Å². The van der Waals surface area contributed by atoms with Gasteiger partial charge < -0.3 is 5.32 Å². The zero-order valence-electron chi connectivity index (χ0n) is 9.60. The first-order valence-corrected chi connectivity index (χ1v) is 6.56. The minimum atomic E-state index is 0.205. The Morgan fingerprint density at radius 1 is 1.47 bits per heavy atom. The van der Waals surface area contributed by atoms with Crippen LogP contribution < -0.4 is 5.32 Å². The molecule has 0 heterocycles. The second-order valence-electron chi connectivity index (χ2n) is 4.50. The molecule has 0 radical (unpaired) electrons. The third-order valence-electron chi connectivity index (χ3n) is 3.17. The molecule has 0 aromatic carbocycles. The molecule has 1 fully saturated rings. The minimum Gasteiger partial charge on any atom is -0.356 e. The molecule has 0 aliphatic heterocycles. The lowest BCUT2D eigenvalue weighted by Crippen LogP contribution is -2.27. The summed E-state index contributed by atoms with van der Waals surface area (Å²) < 4.78 is 0. The summed E-state index contributed by atoms with van der Waals surface area (Å²) in [6, 6.07) is 0. The van der Waals surface area contributed by atoms with Crippen LogP contribution in [-0.4, -0.2) is 17.8 Å². The van der Waals surface area contributed by atoms with Crippen LogP contribution in [0.25, 0.3) is 0 Å². The van der Waals surface area contributed by atoms with Gasteiger partial charge in [0.15, 0.2) is 0 Å². The number of rotatable bonds is 6. The molecule has 88 valence electrons. The van der Waals surface area contributed by atoms with E-state index in [1.54, 1.807) is 0 Å². The van der Waals surface area contributed by atoms with Gasteiger partial charge in [-0.2, -0.15) is 0 Å². The van der Waals surface area contributed by atoms with E-state index in [2.05, 4.69) is 12.2 Å². The number of carbonyl (C=O) groups excluding carboxylic acids is 1. The van der Waals surface area contributed by atoms with Crippen LogP contribution in [-0.2, 0) is 4.79 Å². The molecule has 3 heteroatoms. The van der Waals surface area contributed by atoms with Crippen molar-refractivity contribution < 1.29 is 4.79 Å². The largest absolute Gasteiger partial charge is 0.356 e. The normalized spacial score (nSPS) is 19.1. The number of hydrogen-bond donors (Lipinski definition) is 1. The Morgan fingerprint density at radius 2 is 2.13 bits per heavy atom. The monoisotopic (exact) mass is 231 g/mol. The third-order valence-corrected chi connectivity index (χ3v) is 3.70. The molecule has 0 aromatic rings. The van der Waals surface area contributed by atoms with Gasteiger partial charge in [-0.05, 0) is 31.6 Å². The van der Waals surface area contributed by atoms with Gasteiger partial charge in [0.1, 0.15) is 0 Å². The van der Waals surface area contributed by atoms with Crippen LogP contribution in [0, 0.1) is 5.92 Å². The molecule has 1 unspecified atom stereocenters. The summed E-state index contributed by atoms with van der Waals surface area (Å²) in [7, 11) is 0. The Bertz CT molecular complexity index is 190. The average Bonchev–Trinajstić information content (AvgIpc) is 2.70. The smallest absolute Gasteiger partial charge is 0.220 e. The third kappa shape index (κ3) is 5.41. The van der Waals surface area contributed by atoms with E-state index in [1.165, 1.54) is 25.7 Å². The van der Waals surface area contributed by atoms with Crippen molar-refractivity contribution in [3.63, 3.8) is 0 Å². The first-order chi connectivity index (χ1) is 7.22. The Kier molecular flexibility index (Phi) is 6.07. The van der Waals surface area contributed by atoms with Gasteiger partial charge in [-0.15, -0.1) is 11.6 Å². The van der Waals surface area contributed by atoms with Crippen molar-refractivity contribution in [3.8, 4) is 0 Å². The van der Waals surface area contributed by atoms with Crippen molar-refractivity contribution in [1.29, 1.82) is 0 Å². The highest BCUT2D eigenvalue weighted by atomic mass is 35.5. The quantitative estimate of drug-likeness (QED) is 0.700. The lowest BCUT2D eigenvalue weighted by Gasteiger charge is -2.10. The summed E-state index contributed by atoms with van der Waals surface area (Å²) in [5, 5.41) is 3.16. The number of alkyl halides is 1. The molecule has 1 N–H and O–H groups in total. The van der Waals surface area contributed by atoms with Gasteiger partial charge in [0.05, 0.1) is 0 Å². The van der Waals surface area contributed by atoms with Crippen LogP contribution in [0.5, 0.6) is 0 Å². The van der Waals surface area contributed by atoms with Crippen molar-refractivity contribution in [2.24, 2.45) is 5.92 Å². The first-order valence-electron chi connectivity index (χ1n) is 6.13. The highest BCUT2D eigenvalue weighted by molar-refractivity contribution is 6.20. The second kappa shape index (κ2) is 7.10. The molecular weight excluding hydrogens is 210 g/mol. The van der Waals surface area contributed by atoms with Crippen LogP contribution in [0.15, 0.2) is 0 Å². The summed E-state index contributed by atoms with van der Waals surface area (Å²) in [6.07, 6.45) is 7.66. The predicted molar refractivity (Wildman–Crippen MR) is 64.1 cm³/mol. The Labute approximate surface area is 97.8 Å². The van der Waals surface area contributed by atoms with Gasteiger partial charge in [0.2, 0.25) is 5.91 Å². The van der Waals surface area contributed by atoms with Crippen LogP contribution in [0.1, 0.15) is 51.9 Å². The second-order valence-corrected chi connectivity index (χ2v) is 5.12. The molecule has 0 spiro atoms. The lowest BCUT2D eigenvalue weighted by atomic mass is 10.0. The maximum Gasteiger partial charge on any atom is 0.220 e. The summed E-state index contributed by atoms with van der Waals surface area (Å²) in [6.45, 7) is 2.80. The van der Waals surface area contributed by atoms with Crippen molar-refractivity contribution in [2.45, 2.75) is 57.2 Å². The van der Waals surface area contributed by atoms with Crippen molar-refractivity contribution >= 4 is 17.5 Å². The fourth-order valence-electron chi connectivity index (χ4n) is 2.12. The molecule has 1 aliphatic carbocycles. The molecule has 1 saturated carbocycles. The molecule has 0 bridgehead atoms. The van der Waals surface area contributed by atoms with E-state index in [4.69, 9.17) is 11.6 Å². The number of halogens is 1. The summed E-state index contributed by atoms with van der Waals surface area (Å²) in [5.41, 5.74) is 0. The minimum absolute atomic E-state index is 0.205. The van der Waals surface area contributed by atoms with Crippen molar-refractivity contribution in [2.75, 3.05) is 6.54 Å². The Balaban J connectivity index is 2.02. The van der Waals surface area contributed by atoms with Crippen molar-refractivity contribution in [1.82, 2.24) is 5.32 Å². The summed E-state index contributed by atoms with van der Waals surface area (Å²) in [4.78, 5) is 11.5. The van der Waals surface area contributed by atoms with E-state index < -0.39 is 0 Å². The highest BCUT2D eigenvalue weighted by Gasteiger charge is 2.18. The zero-order chi connectivity index (χ0) is 11.1. The maximum atomic E-state index is 11.5. The van der Waals surface area contributed by atoms with Crippen molar-refractivity contribution in [3.05, 3.63) is 0 Å². The number of carbonyl (C=O) groups is 1. The van der Waals surface area contributed by atoms with Gasteiger partial charge in [-0.1, -0.05) is 19.8 Å². The first kappa shape index (κ1) is 12.8. The molecular formula is C12H22ClNO. The van der Waals surface area contributed by atoms with E-state index in [1.807, 2.05) is 0 Å². The van der Waals surface area contributed by atoms with E-state index in [0.717, 1.165) is 25.8 Å². The van der Waals surface area contributed by atoms with E-state index in [0.29, 0.717) is 5.92 Å². The molecule has 1 atom stereocenters. The summed E-state index contributed by atoms with van der Waals surface area (Å²) in [5.74, 6) is 0.852. The van der Waals surface area contributed by atoms with Crippen LogP contribution in [0.2, 0.25) is 0 Å². The van der Waals surface area contributed by atoms with Crippen LogP contribution >= 0.6 is 11.6 Å². The number of nitrogens with one attached hydrogen (secondary N) is 1. The molecule has 0 aromatic heterocycles. The maximum absolute atomic E-state index is 11.5. The number of hydrogen-bond acceptors (Lipinski definition) is 1. The molecule has 0 saturated heterocycles. The molecule has 15 heavy (non-hydrogen) atoms. The molecule has 1 aliphatic rings. The number of amides is 1. The van der Waals surface area contributed by atoms with Crippen LogP contribution in [0.3, 0.4) is 0 Å². The van der Waals surface area contributed by atoms with E-state index in [9.17, 15) is 4.79 Å². The predicted octanol–water partition coefficient (Wildman–Crippen LogP) is 3.09. The van der Waals surface area contributed by atoms with Gasteiger partial charge in [0, 0.05) is 18.3 Å². The fraction of sp³-hybridized carbons (Fsp3) is 0.917. The molecule has 2 nitrogen and oxygen atoms in total.